The second-order valence-corrected chi connectivity index (χ2v) is 7.37. The SMILES string of the molecule is Cc1c(C(=O)NCCSCc2ccccc2)cnn1-c1cccc(Cl)c1. The summed E-state index contributed by atoms with van der Waals surface area (Å²) in [5.74, 6) is 1.71. The lowest BCUT2D eigenvalue weighted by Gasteiger charge is -2.07. The smallest absolute Gasteiger partial charge is 0.254 e. The van der Waals surface area contributed by atoms with Crippen LogP contribution in [-0.4, -0.2) is 28.0 Å². The van der Waals surface area contributed by atoms with Crippen LogP contribution in [0.15, 0.2) is 60.8 Å². The fraction of sp³-hybridized carbons (Fsp3) is 0.200. The largest absolute Gasteiger partial charge is 0.351 e. The van der Waals surface area contributed by atoms with E-state index in [1.54, 1.807) is 22.6 Å². The van der Waals surface area contributed by atoms with Gasteiger partial charge in [0, 0.05) is 23.1 Å². The summed E-state index contributed by atoms with van der Waals surface area (Å²) < 4.78 is 1.73. The predicted molar refractivity (Wildman–Crippen MR) is 108 cm³/mol. The molecule has 0 saturated carbocycles. The molecule has 0 atom stereocenters. The number of hydrogen-bond acceptors (Lipinski definition) is 3. The van der Waals surface area contributed by atoms with Gasteiger partial charge in [0.2, 0.25) is 0 Å². The molecule has 6 heteroatoms. The van der Waals surface area contributed by atoms with Crippen molar-refractivity contribution in [3.63, 3.8) is 0 Å². The number of nitrogens with zero attached hydrogens (tertiary/aromatic N) is 2. The molecular formula is C20H20ClN3OS. The Kier molecular flexibility index (Phi) is 6.36. The number of halogens is 1. The van der Waals surface area contributed by atoms with Crippen LogP contribution in [0.1, 0.15) is 21.6 Å². The number of carbonyl (C=O) groups is 1. The van der Waals surface area contributed by atoms with Gasteiger partial charge in [-0.25, -0.2) is 4.68 Å². The maximum absolute atomic E-state index is 12.4. The van der Waals surface area contributed by atoms with Crippen LogP contribution in [0.25, 0.3) is 5.69 Å². The van der Waals surface area contributed by atoms with E-state index in [1.807, 2.05) is 49.4 Å². The zero-order valence-corrected chi connectivity index (χ0v) is 16.1. The number of rotatable bonds is 7. The van der Waals surface area contributed by atoms with Gasteiger partial charge in [-0.05, 0) is 30.7 Å². The van der Waals surface area contributed by atoms with Crippen molar-refractivity contribution in [3.8, 4) is 5.69 Å². The Labute approximate surface area is 162 Å². The lowest BCUT2D eigenvalue weighted by atomic mass is 10.2. The number of aromatic nitrogens is 2. The molecule has 1 amide bonds. The second kappa shape index (κ2) is 8.92. The van der Waals surface area contributed by atoms with E-state index in [0.29, 0.717) is 17.1 Å². The van der Waals surface area contributed by atoms with Crippen LogP contribution in [-0.2, 0) is 5.75 Å². The quantitative estimate of drug-likeness (QED) is 0.609. The molecule has 0 unspecified atom stereocenters. The van der Waals surface area contributed by atoms with E-state index in [-0.39, 0.29) is 5.91 Å². The Morgan fingerprint density at radius 2 is 2.00 bits per heavy atom. The van der Waals surface area contributed by atoms with Crippen molar-refractivity contribution in [1.29, 1.82) is 0 Å². The van der Waals surface area contributed by atoms with Crippen LogP contribution in [0, 0.1) is 6.92 Å². The third-order valence-electron chi connectivity index (χ3n) is 3.95. The van der Waals surface area contributed by atoms with Crippen molar-refractivity contribution in [3.05, 3.63) is 82.6 Å². The molecule has 1 N–H and O–H groups in total. The molecule has 0 aliphatic carbocycles. The first-order valence-electron chi connectivity index (χ1n) is 8.35. The van der Waals surface area contributed by atoms with E-state index in [9.17, 15) is 4.79 Å². The fourth-order valence-electron chi connectivity index (χ4n) is 2.60. The Morgan fingerprint density at radius 1 is 1.19 bits per heavy atom. The number of benzene rings is 2. The minimum absolute atomic E-state index is 0.101. The maximum atomic E-state index is 12.4. The molecule has 0 bridgehead atoms. The Bertz CT molecular complexity index is 880. The maximum Gasteiger partial charge on any atom is 0.254 e. The van der Waals surface area contributed by atoms with Crippen LogP contribution in [0.2, 0.25) is 5.02 Å². The molecule has 0 radical (unpaired) electrons. The molecule has 0 aliphatic rings. The van der Waals surface area contributed by atoms with Gasteiger partial charge in [-0.3, -0.25) is 4.79 Å². The molecular weight excluding hydrogens is 366 g/mol. The average Bonchev–Trinajstić information content (AvgIpc) is 3.04. The molecule has 1 aromatic heterocycles. The van der Waals surface area contributed by atoms with Crippen LogP contribution < -0.4 is 5.32 Å². The highest BCUT2D eigenvalue weighted by atomic mass is 35.5. The Balaban J connectivity index is 1.52. The molecule has 26 heavy (non-hydrogen) atoms. The molecule has 0 spiro atoms. The highest BCUT2D eigenvalue weighted by molar-refractivity contribution is 7.98. The first kappa shape index (κ1) is 18.5. The normalized spacial score (nSPS) is 10.7. The van der Waals surface area contributed by atoms with Gasteiger partial charge in [0.15, 0.2) is 0 Å². The minimum atomic E-state index is -0.101. The molecule has 4 nitrogen and oxygen atoms in total. The summed E-state index contributed by atoms with van der Waals surface area (Å²) in [4.78, 5) is 12.4. The summed E-state index contributed by atoms with van der Waals surface area (Å²) in [6.45, 7) is 2.51. The summed E-state index contributed by atoms with van der Waals surface area (Å²) in [5.41, 5.74) is 3.51. The van der Waals surface area contributed by atoms with Gasteiger partial charge in [-0.2, -0.15) is 16.9 Å². The van der Waals surface area contributed by atoms with Crippen molar-refractivity contribution in [2.24, 2.45) is 0 Å². The number of amides is 1. The monoisotopic (exact) mass is 385 g/mol. The molecule has 3 rings (SSSR count). The third kappa shape index (κ3) is 4.68. The first-order chi connectivity index (χ1) is 12.6. The average molecular weight is 386 g/mol. The zero-order valence-electron chi connectivity index (χ0n) is 14.5. The fourth-order valence-corrected chi connectivity index (χ4v) is 3.60. The lowest BCUT2D eigenvalue weighted by molar-refractivity contribution is 0.0955. The topological polar surface area (TPSA) is 46.9 Å². The summed E-state index contributed by atoms with van der Waals surface area (Å²) in [6.07, 6.45) is 1.60. The first-order valence-corrected chi connectivity index (χ1v) is 9.89. The summed E-state index contributed by atoms with van der Waals surface area (Å²) in [6, 6.07) is 17.7. The summed E-state index contributed by atoms with van der Waals surface area (Å²) >= 11 is 7.84. The third-order valence-corrected chi connectivity index (χ3v) is 5.22. The highest BCUT2D eigenvalue weighted by Gasteiger charge is 2.14. The van der Waals surface area contributed by atoms with Gasteiger partial charge < -0.3 is 5.32 Å². The van der Waals surface area contributed by atoms with Gasteiger partial charge >= 0.3 is 0 Å². The number of thioether (sulfide) groups is 1. The predicted octanol–water partition coefficient (Wildman–Crippen LogP) is 4.50. The van der Waals surface area contributed by atoms with Gasteiger partial charge in [0.05, 0.1) is 23.1 Å². The van der Waals surface area contributed by atoms with E-state index in [2.05, 4.69) is 22.5 Å². The number of hydrogen-bond donors (Lipinski definition) is 1. The Hall–Kier alpha value is -2.24. The van der Waals surface area contributed by atoms with E-state index in [4.69, 9.17) is 11.6 Å². The van der Waals surface area contributed by atoms with Gasteiger partial charge in [-0.1, -0.05) is 48.0 Å². The van der Waals surface area contributed by atoms with Crippen molar-refractivity contribution in [2.45, 2.75) is 12.7 Å². The van der Waals surface area contributed by atoms with Gasteiger partial charge in [-0.15, -0.1) is 0 Å². The molecule has 3 aromatic rings. The van der Waals surface area contributed by atoms with E-state index < -0.39 is 0 Å². The van der Waals surface area contributed by atoms with Crippen molar-refractivity contribution >= 4 is 29.3 Å². The van der Waals surface area contributed by atoms with Crippen LogP contribution >= 0.6 is 23.4 Å². The second-order valence-electron chi connectivity index (χ2n) is 5.83. The zero-order chi connectivity index (χ0) is 18.4. The summed E-state index contributed by atoms with van der Waals surface area (Å²) in [5, 5.41) is 7.93. The number of nitrogens with one attached hydrogen (secondary N) is 1. The van der Waals surface area contributed by atoms with Crippen molar-refractivity contribution in [2.75, 3.05) is 12.3 Å². The van der Waals surface area contributed by atoms with Gasteiger partial charge in [0.25, 0.3) is 5.91 Å². The minimum Gasteiger partial charge on any atom is -0.351 e. The summed E-state index contributed by atoms with van der Waals surface area (Å²) in [7, 11) is 0. The standard InChI is InChI=1S/C20H20ClN3OS/c1-15-19(13-23-24(15)18-9-5-8-17(21)12-18)20(25)22-10-11-26-14-16-6-3-2-4-7-16/h2-9,12-13H,10-11,14H2,1H3,(H,22,25). The van der Waals surface area contributed by atoms with E-state index in [1.165, 1.54) is 5.56 Å². The Morgan fingerprint density at radius 3 is 2.77 bits per heavy atom. The van der Waals surface area contributed by atoms with Gasteiger partial charge in [0.1, 0.15) is 0 Å². The molecule has 1 heterocycles. The molecule has 2 aromatic carbocycles. The number of carbonyl (C=O) groups excluding carboxylic acids is 1. The van der Waals surface area contributed by atoms with Crippen LogP contribution in [0.3, 0.4) is 0 Å². The molecule has 0 saturated heterocycles. The van der Waals surface area contributed by atoms with Crippen LogP contribution in [0.5, 0.6) is 0 Å². The van der Waals surface area contributed by atoms with E-state index >= 15 is 0 Å². The van der Waals surface area contributed by atoms with Crippen molar-refractivity contribution in [1.82, 2.24) is 15.1 Å². The molecule has 134 valence electrons. The molecule has 0 aliphatic heterocycles. The van der Waals surface area contributed by atoms with E-state index in [0.717, 1.165) is 22.9 Å². The van der Waals surface area contributed by atoms with Crippen LogP contribution in [0.4, 0.5) is 0 Å². The highest BCUT2D eigenvalue weighted by Crippen LogP contribution is 2.18. The molecule has 0 fully saturated rings. The lowest BCUT2D eigenvalue weighted by Crippen LogP contribution is -2.26. The van der Waals surface area contributed by atoms with Crippen molar-refractivity contribution < 1.29 is 4.79 Å².